The zero-order valence-electron chi connectivity index (χ0n) is 50.4. The summed E-state index contributed by atoms with van der Waals surface area (Å²) in [5.41, 5.74) is 0. The predicted molar refractivity (Wildman–Crippen MR) is 322 cm³/mol. The van der Waals surface area contributed by atoms with Gasteiger partial charge in [-0.1, -0.05) is 229 Å². The minimum Gasteiger partial charge on any atom is -0.479 e. The van der Waals surface area contributed by atoms with Gasteiger partial charge < -0.3 is 39.0 Å². The van der Waals surface area contributed by atoms with Gasteiger partial charge in [-0.15, -0.1) is 0 Å². The number of aliphatic hydroxyl groups is 2. The second kappa shape index (κ2) is 55.0. The first-order chi connectivity index (χ1) is 38.6. The molecular weight excluding hydrogens is 997 g/mol. The second-order valence-electron chi connectivity index (χ2n) is 22.0. The summed E-state index contributed by atoms with van der Waals surface area (Å²) in [6.07, 6.45) is 56.1. The lowest BCUT2D eigenvalue weighted by Gasteiger charge is -2.40. The SMILES string of the molecule is CCC/C=C\C/C=C\CCCCCCCC(=O)OC1C(OCC(COC(=O)CCCCCCCCCCC/C=C\C/C=C\CCCCC)OC(=O)CCCCCCCCC/C=C\CCCCCCCC)OC(C(=O)O)C(O)C1O. The van der Waals surface area contributed by atoms with Gasteiger partial charge >= 0.3 is 23.9 Å². The monoisotopic (exact) mass is 1110 g/mol. The van der Waals surface area contributed by atoms with Crippen LogP contribution in [0.3, 0.4) is 0 Å². The van der Waals surface area contributed by atoms with Crippen molar-refractivity contribution in [3.63, 3.8) is 0 Å². The molecule has 456 valence electrons. The summed E-state index contributed by atoms with van der Waals surface area (Å²) in [7, 11) is 0. The Morgan fingerprint density at radius 1 is 0.418 bits per heavy atom. The minimum atomic E-state index is -1.91. The fourth-order valence-electron chi connectivity index (χ4n) is 9.55. The number of carbonyl (C=O) groups excluding carboxylic acids is 3. The fraction of sp³-hybridized carbons (Fsp3) is 0.791. The van der Waals surface area contributed by atoms with E-state index in [-0.39, 0.29) is 25.9 Å². The zero-order chi connectivity index (χ0) is 57.5. The highest BCUT2D eigenvalue weighted by atomic mass is 16.7. The zero-order valence-corrected chi connectivity index (χ0v) is 50.4. The van der Waals surface area contributed by atoms with Gasteiger partial charge in [0.05, 0.1) is 6.61 Å². The Hall–Kier alpha value is -3.58. The van der Waals surface area contributed by atoms with E-state index in [1.165, 1.54) is 116 Å². The van der Waals surface area contributed by atoms with E-state index in [9.17, 15) is 34.5 Å². The lowest BCUT2D eigenvalue weighted by Crippen LogP contribution is -2.61. The molecule has 1 aliphatic rings. The summed E-state index contributed by atoms with van der Waals surface area (Å²) >= 11 is 0. The smallest absolute Gasteiger partial charge is 0.335 e. The molecule has 0 radical (unpaired) electrons. The van der Waals surface area contributed by atoms with Crippen LogP contribution in [0.4, 0.5) is 0 Å². The van der Waals surface area contributed by atoms with Gasteiger partial charge in [0.2, 0.25) is 0 Å². The fourth-order valence-corrected chi connectivity index (χ4v) is 9.55. The molecule has 1 rings (SSSR count). The quantitative estimate of drug-likeness (QED) is 0.0228. The third-order valence-electron chi connectivity index (χ3n) is 14.5. The average Bonchev–Trinajstić information content (AvgIpc) is 3.46. The molecule has 0 aromatic rings. The number of carboxylic acid groups (broad SMARTS) is 1. The van der Waals surface area contributed by atoms with Crippen LogP contribution in [0.2, 0.25) is 0 Å². The summed E-state index contributed by atoms with van der Waals surface area (Å²) in [6, 6.07) is 0. The molecule has 0 aromatic heterocycles. The summed E-state index contributed by atoms with van der Waals surface area (Å²) in [5, 5.41) is 31.5. The third kappa shape index (κ3) is 44.7. The Kier molecular flexibility index (Phi) is 51.1. The number of rotatable bonds is 55. The molecule has 6 unspecified atom stereocenters. The van der Waals surface area contributed by atoms with Crippen molar-refractivity contribution in [3.05, 3.63) is 60.8 Å². The van der Waals surface area contributed by atoms with Crippen LogP contribution in [0.15, 0.2) is 60.8 Å². The largest absolute Gasteiger partial charge is 0.479 e. The van der Waals surface area contributed by atoms with Gasteiger partial charge in [-0.2, -0.15) is 0 Å². The maximum Gasteiger partial charge on any atom is 0.335 e. The molecule has 79 heavy (non-hydrogen) atoms. The lowest BCUT2D eigenvalue weighted by atomic mass is 9.98. The first kappa shape index (κ1) is 73.4. The van der Waals surface area contributed by atoms with E-state index >= 15 is 0 Å². The number of aliphatic carboxylic acids is 1. The Bertz CT molecular complexity index is 1600. The number of esters is 3. The molecule has 1 aliphatic heterocycles. The van der Waals surface area contributed by atoms with Gasteiger partial charge in [0.15, 0.2) is 24.6 Å². The number of unbranched alkanes of at least 4 members (excludes halogenated alkanes) is 31. The number of hydrogen-bond donors (Lipinski definition) is 3. The van der Waals surface area contributed by atoms with Gasteiger partial charge in [0.25, 0.3) is 0 Å². The summed E-state index contributed by atoms with van der Waals surface area (Å²) < 4.78 is 28.5. The van der Waals surface area contributed by atoms with Crippen LogP contribution in [-0.2, 0) is 42.9 Å². The number of hydrogen-bond acceptors (Lipinski definition) is 11. The molecule has 0 bridgehead atoms. The Labute approximate surface area is 481 Å². The number of carbonyl (C=O) groups is 4. The molecular formula is C67H116O12. The highest BCUT2D eigenvalue weighted by Crippen LogP contribution is 2.27. The predicted octanol–water partition coefficient (Wildman–Crippen LogP) is 17.1. The molecule has 1 fully saturated rings. The molecule has 6 atom stereocenters. The van der Waals surface area contributed by atoms with Gasteiger partial charge in [-0.25, -0.2) is 4.79 Å². The van der Waals surface area contributed by atoms with Crippen LogP contribution in [0.1, 0.15) is 290 Å². The molecule has 1 heterocycles. The van der Waals surface area contributed by atoms with Crippen LogP contribution >= 0.6 is 0 Å². The van der Waals surface area contributed by atoms with E-state index in [0.717, 1.165) is 116 Å². The molecule has 0 aromatic carbocycles. The molecule has 0 saturated carbocycles. The van der Waals surface area contributed by atoms with E-state index in [1.807, 2.05) is 0 Å². The summed E-state index contributed by atoms with van der Waals surface area (Å²) in [4.78, 5) is 51.3. The first-order valence-corrected chi connectivity index (χ1v) is 32.3. The van der Waals surface area contributed by atoms with Crippen LogP contribution in [-0.4, -0.2) is 89.2 Å². The summed E-state index contributed by atoms with van der Waals surface area (Å²) in [6.45, 7) is 5.91. The normalized spacial score (nSPS) is 18.2. The van der Waals surface area contributed by atoms with E-state index in [2.05, 4.69) is 81.5 Å². The van der Waals surface area contributed by atoms with Crippen molar-refractivity contribution in [1.29, 1.82) is 0 Å². The molecule has 12 heteroatoms. The van der Waals surface area contributed by atoms with E-state index in [1.54, 1.807) is 0 Å². The first-order valence-electron chi connectivity index (χ1n) is 32.3. The van der Waals surface area contributed by atoms with Crippen molar-refractivity contribution in [1.82, 2.24) is 0 Å². The van der Waals surface area contributed by atoms with Gasteiger partial charge in [0, 0.05) is 19.3 Å². The highest BCUT2D eigenvalue weighted by Gasteiger charge is 2.50. The van der Waals surface area contributed by atoms with Crippen molar-refractivity contribution < 1.29 is 58.2 Å². The van der Waals surface area contributed by atoms with Crippen molar-refractivity contribution in [2.24, 2.45) is 0 Å². The van der Waals surface area contributed by atoms with Gasteiger partial charge in [0.1, 0.15) is 18.8 Å². The van der Waals surface area contributed by atoms with Crippen molar-refractivity contribution >= 4 is 23.9 Å². The highest BCUT2D eigenvalue weighted by molar-refractivity contribution is 5.74. The maximum absolute atomic E-state index is 13.2. The van der Waals surface area contributed by atoms with Crippen molar-refractivity contribution in [2.45, 2.75) is 327 Å². The maximum atomic E-state index is 13.2. The van der Waals surface area contributed by atoms with Gasteiger partial charge in [-0.3, -0.25) is 14.4 Å². The van der Waals surface area contributed by atoms with E-state index in [0.29, 0.717) is 19.3 Å². The molecule has 0 amide bonds. The lowest BCUT2D eigenvalue weighted by molar-refractivity contribution is -0.301. The van der Waals surface area contributed by atoms with Gasteiger partial charge in [-0.05, 0) is 103 Å². The van der Waals surface area contributed by atoms with Crippen LogP contribution in [0.25, 0.3) is 0 Å². The van der Waals surface area contributed by atoms with Crippen LogP contribution in [0.5, 0.6) is 0 Å². The van der Waals surface area contributed by atoms with Crippen molar-refractivity contribution in [3.8, 4) is 0 Å². The Morgan fingerprint density at radius 2 is 0.785 bits per heavy atom. The number of allylic oxidation sites excluding steroid dienone is 10. The number of carboxylic acids is 1. The van der Waals surface area contributed by atoms with E-state index in [4.69, 9.17) is 23.7 Å². The number of ether oxygens (including phenoxy) is 5. The third-order valence-corrected chi connectivity index (χ3v) is 14.5. The second-order valence-corrected chi connectivity index (χ2v) is 22.0. The standard InChI is InChI=1S/C67H116O12/c1-4-7-10-13-16-19-22-25-27-29-30-32-33-36-38-41-44-47-50-53-59(68)75-56-58(77-60(69)54-51-48-45-42-40-37-34-31-28-26-23-20-17-14-11-8-5-2)57-76-67-65(63(72)62(71)64(79-67)66(73)74)78-61(70)55-52-49-46-43-39-35-24-21-18-15-12-9-6-3/h12,15-16,19,21,24-28,58,62-65,67,71-72H,4-11,13-14,17-18,20,22-23,29-57H2,1-3H3,(H,73,74)/b15-12-,19-16-,24-21-,27-25-,28-26-. The Morgan fingerprint density at radius 3 is 1.23 bits per heavy atom. The average molecular weight is 1110 g/mol. The summed E-state index contributed by atoms with van der Waals surface area (Å²) in [5.74, 6) is -3.13. The Balaban J connectivity index is 2.66. The van der Waals surface area contributed by atoms with E-state index < -0.39 is 67.3 Å². The van der Waals surface area contributed by atoms with Crippen LogP contribution < -0.4 is 0 Å². The molecule has 1 saturated heterocycles. The molecule has 12 nitrogen and oxygen atoms in total. The molecule has 3 N–H and O–H groups in total. The topological polar surface area (TPSA) is 175 Å². The van der Waals surface area contributed by atoms with Crippen LogP contribution in [0, 0.1) is 0 Å². The minimum absolute atomic E-state index is 0.0435. The van der Waals surface area contributed by atoms with Crippen molar-refractivity contribution in [2.75, 3.05) is 13.2 Å². The number of aliphatic hydroxyl groups excluding tert-OH is 2. The molecule has 0 spiro atoms. The molecule has 0 aliphatic carbocycles.